The van der Waals surface area contributed by atoms with Crippen LogP contribution < -0.4 is 5.32 Å². The number of carbonyl (C=O) groups excluding carboxylic acids is 1. The molecule has 108 valence electrons. The van der Waals surface area contributed by atoms with Crippen molar-refractivity contribution in [1.82, 2.24) is 5.32 Å². The largest absolute Gasteiger partial charge is 0.480 e. The van der Waals surface area contributed by atoms with E-state index in [0.29, 0.717) is 0 Å². The second kappa shape index (κ2) is 8.60. The van der Waals surface area contributed by atoms with E-state index in [1.165, 1.54) is 13.8 Å². The Labute approximate surface area is 103 Å². The van der Waals surface area contributed by atoms with Gasteiger partial charge in [0.2, 0.25) is 0 Å². The topological polar surface area (TPSA) is 75.6 Å². The number of alkyl carbamates (subject to hydrolysis) is 1. The molecule has 1 amide bonds. The minimum Gasteiger partial charge on any atom is -0.480 e. The standard InChI is InChI=1S/C8H12F3NO4.C2H6/c1-4(2)5(6(13)14)12-7(15)16-3-8(9,10)11;1-2/h4-5H,3H2,1-2H3,(H,12,15)(H,13,14);1-2H3. The van der Waals surface area contributed by atoms with E-state index in [-0.39, 0.29) is 0 Å². The first-order chi connectivity index (χ1) is 8.13. The number of carbonyl (C=O) groups is 2. The van der Waals surface area contributed by atoms with Crippen LogP contribution in [0.1, 0.15) is 27.7 Å². The molecule has 0 fully saturated rings. The molecule has 1 atom stereocenters. The van der Waals surface area contributed by atoms with E-state index in [1.807, 2.05) is 19.2 Å². The van der Waals surface area contributed by atoms with Crippen LogP contribution in [0.2, 0.25) is 0 Å². The second-order valence-corrected chi connectivity index (χ2v) is 3.40. The highest BCUT2D eigenvalue weighted by atomic mass is 19.4. The molecule has 0 aromatic rings. The minimum atomic E-state index is -4.63. The Bertz CT molecular complexity index is 266. The summed E-state index contributed by atoms with van der Waals surface area (Å²) >= 11 is 0. The monoisotopic (exact) mass is 273 g/mol. The molecular weight excluding hydrogens is 255 g/mol. The van der Waals surface area contributed by atoms with Gasteiger partial charge >= 0.3 is 18.2 Å². The molecule has 8 heteroatoms. The van der Waals surface area contributed by atoms with Gasteiger partial charge in [0.15, 0.2) is 6.61 Å². The Hall–Kier alpha value is -1.47. The first-order valence-corrected chi connectivity index (χ1v) is 5.36. The van der Waals surface area contributed by atoms with Crippen LogP contribution >= 0.6 is 0 Å². The number of hydrogen-bond donors (Lipinski definition) is 2. The van der Waals surface area contributed by atoms with Crippen LogP contribution in [0.25, 0.3) is 0 Å². The second-order valence-electron chi connectivity index (χ2n) is 3.40. The minimum absolute atomic E-state index is 0.462. The van der Waals surface area contributed by atoms with Crippen molar-refractivity contribution in [3.8, 4) is 0 Å². The van der Waals surface area contributed by atoms with E-state index < -0.39 is 36.8 Å². The van der Waals surface area contributed by atoms with Crippen LogP contribution in [-0.4, -0.2) is 36.0 Å². The lowest BCUT2D eigenvalue weighted by molar-refractivity contribution is -0.160. The van der Waals surface area contributed by atoms with E-state index in [4.69, 9.17) is 5.11 Å². The Morgan fingerprint density at radius 3 is 2.00 bits per heavy atom. The Morgan fingerprint density at radius 2 is 1.72 bits per heavy atom. The summed E-state index contributed by atoms with van der Waals surface area (Å²) in [5.41, 5.74) is 0. The first kappa shape index (κ1) is 18.9. The highest BCUT2D eigenvalue weighted by Crippen LogP contribution is 2.14. The molecule has 0 spiro atoms. The van der Waals surface area contributed by atoms with Gasteiger partial charge in [-0.05, 0) is 5.92 Å². The Kier molecular flexibility index (Phi) is 9.02. The van der Waals surface area contributed by atoms with Crippen molar-refractivity contribution in [1.29, 1.82) is 0 Å². The number of carboxylic acid groups (broad SMARTS) is 1. The molecule has 1 unspecified atom stereocenters. The van der Waals surface area contributed by atoms with Gasteiger partial charge in [-0.3, -0.25) is 0 Å². The van der Waals surface area contributed by atoms with E-state index in [2.05, 4.69) is 4.74 Å². The molecule has 0 saturated heterocycles. The van der Waals surface area contributed by atoms with Gasteiger partial charge in [0.25, 0.3) is 0 Å². The molecule has 0 heterocycles. The molecule has 0 bridgehead atoms. The maximum Gasteiger partial charge on any atom is 0.422 e. The zero-order valence-corrected chi connectivity index (χ0v) is 10.7. The molecule has 0 aromatic heterocycles. The maximum atomic E-state index is 11.6. The number of aliphatic carboxylic acids is 1. The highest BCUT2D eigenvalue weighted by molar-refractivity contribution is 5.80. The summed E-state index contributed by atoms with van der Waals surface area (Å²) in [5.74, 6) is -1.80. The number of amides is 1. The van der Waals surface area contributed by atoms with E-state index in [9.17, 15) is 22.8 Å². The van der Waals surface area contributed by atoms with Crippen molar-refractivity contribution in [3.63, 3.8) is 0 Å². The molecule has 0 aliphatic rings. The smallest absolute Gasteiger partial charge is 0.422 e. The molecule has 5 nitrogen and oxygen atoms in total. The first-order valence-electron chi connectivity index (χ1n) is 5.36. The highest BCUT2D eigenvalue weighted by Gasteiger charge is 2.31. The summed E-state index contributed by atoms with van der Waals surface area (Å²) in [6.45, 7) is 5.26. The molecule has 0 rings (SSSR count). The summed E-state index contributed by atoms with van der Waals surface area (Å²) in [6.07, 6.45) is -6.04. The van der Waals surface area contributed by atoms with Gasteiger partial charge in [0.1, 0.15) is 6.04 Å². The van der Waals surface area contributed by atoms with Crippen molar-refractivity contribution in [3.05, 3.63) is 0 Å². The van der Waals surface area contributed by atoms with Gasteiger partial charge in [-0.2, -0.15) is 13.2 Å². The number of nitrogens with one attached hydrogen (secondary N) is 1. The fraction of sp³-hybridized carbons (Fsp3) is 0.800. The number of halogens is 3. The van der Waals surface area contributed by atoms with Crippen LogP contribution in [0.4, 0.5) is 18.0 Å². The lowest BCUT2D eigenvalue weighted by Gasteiger charge is -2.17. The number of hydrogen-bond acceptors (Lipinski definition) is 3. The molecule has 0 radical (unpaired) electrons. The zero-order valence-electron chi connectivity index (χ0n) is 10.7. The quantitative estimate of drug-likeness (QED) is 0.824. The number of alkyl halides is 3. The van der Waals surface area contributed by atoms with Crippen LogP contribution in [-0.2, 0) is 9.53 Å². The van der Waals surface area contributed by atoms with Crippen LogP contribution in [0, 0.1) is 5.92 Å². The van der Waals surface area contributed by atoms with Crippen molar-refractivity contribution >= 4 is 12.1 Å². The summed E-state index contributed by atoms with van der Waals surface area (Å²) < 4.78 is 38.7. The normalized spacial score (nSPS) is 12.2. The molecule has 0 aliphatic heterocycles. The number of rotatable bonds is 4. The molecule has 0 saturated carbocycles. The van der Waals surface area contributed by atoms with Crippen molar-refractivity contribution in [2.75, 3.05) is 6.61 Å². The average Bonchev–Trinajstić information content (AvgIpc) is 2.24. The predicted molar refractivity (Wildman–Crippen MR) is 58.1 cm³/mol. The van der Waals surface area contributed by atoms with E-state index in [1.54, 1.807) is 0 Å². The molecule has 2 N–H and O–H groups in total. The van der Waals surface area contributed by atoms with E-state index >= 15 is 0 Å². The number of ether oxygens (including phenoxy) is 1. The SMILES string of the molecule is CC.CC(C)C(NC(=O)OCC(F)(F)F)C(=O)O. The fourth-order valence-corrected chi connectivity index (χ4v) is 0.830. The van der Waals surface area contributed by atoms with Gasteiger partial charge in [0, 0.05) is 0 Å². The molecular formula is C10H18F3NO4. The summed E-state index contributed by atoms with van der Waals surface area (Å²) in [7, 11) is 0. The van der Waals surface area contributed by atoms with Crippen molar-refractivity contribution < 1.29 is 32.6 Å². The molecule has 0 aliphatic carbocycles. The van der Waals surface area contributed by atoms with Crippen molar-refractivity contribution in [2.24, 2.45) is 5.92 Å². The zero-order chi connectivity index (χ0) is 14.9. The Morgan fingerprint density at radius 1 is 1.28 bits per heavy atom. The van der Waals surface area contributed by atoms with Gasteiger partial charge < -0.3 is 15.2 Å². The van der Waals surface area contributed by atoms with Crippen LogP contribution in [0.5, 0.6) is 0 Å². The lowest BCUT2D eigenvalue weighted by Crippen LogP contribution is -2.45. The molecule has 18 heavy (non-hydrogen) atoms. The fourth-order valence-electron chi connectivity index (χ4n) is 0.830. The van der Waals surface area contributed by atoms with Gasteiger partial charge in [-0.25, -0.2) is 9.59 Å². The van der Waals surface area contributed by atoms with Crippen molar-refractivity contribution in [2.45, 2.75) is 39.9 Å². The molecule has 0 aromatic carbocycles. The average molecular weight is 273 g/mol. The Balaban J connectivity index is 0. The summed E-state index contributed by atoms with van der Waals surface area (Å²) in [4.78, 5) is 21.4. The number of carboxylic acids is 1. The predicted octanol–water partition coefficient (Wildman–Crippen LogP) is 2.41. The van der Waals surface area contributed by atoms with Gasteiger partial charge in [-0.15, -0.1) is 0 Å². The van der Waals surface area contributed by atoms with Gasteiger partial charge in [-0.1, -0.05) is 27.7 Å². The van der Waals surface area contributed by atoms with Crippen LogP contribution in [0.15, 0.2) is 0 Å². The maximum absolute atomic E-state index is 11.6. The summed E-state index contributed by atoms with van der Waals surface area (Å²) in [5, 5.41) is 10.5. The van der Waals surface area contributed by atoms with Gasteiger partial charge in [0.05, 0.1) is 0 Å². The lowest BCUT2D eigenvalue weighted by atomic mass is 10.1. The third-order valence-electron chi connectivity index (χ3n) is 1.57. The third kappa shape index (κ3) is 9.73. The third-order valence-corrected chi connectivity index (χ3v) is 1.57. The van der Waals surface area contributed by atoms with E-state index in [0.717, 1.165) is 0 Å². The summed E-state index contributed by atoms with van der Waals surface area (Å²) in [6, 6.07) is -1.28. The van der Waals surface area contributed by atoms with Crippen LogP contribution in [0.3, 0.4) is 0 Å².